The average molecular weight is 268 g/mol. The fraction of sp³-hybridized carbons (Fsp3) is 0.600. The van der Waals surface area contributed by atoms with Gasteiger partial charge >= 0.3 is 0 Å². The fourth-order valence-corrected chi connectivity index (χ4v) is 2.78. The molecule has 0 radical (unpaired) electrons. The summed E-state index contributed by atoms with van der Waals surface area (Å²) in [5.74, 6) is 1.57. The van der Waals surface area contributed by atoms with E-state index in [1.807, 2.05) is 6.07 Å². The Morgan fingerprint density at radius 3 is 2.83 bits per heavy atom. The lowest BCUT2D eigenvalue weighted by Crippen LogP contribution is -2.26. The standard InChI is InChI=1S/C15H22ClNO/c1-4-6-17-14(10(2)3)13-9-12(16)8-11-5-7-18-15(11)13/h8-10,14,17H,4-7H2,1-3H3. The molecule has 1 N–H and O–H groups in total. The second-order valence-corrected chi connectivity index (χ2v) is 5.69. The van der Waals surface area contributed by atoms with Crippen molar-refractivity contribution in [3.05, 3.63) is 28.3 Å². The summed E-state index contributed by atoms with van der Waals surface area (Å²) in [6, 6.07) is 4.40. The largest absolute Gasteiger partial charge is 0.493 e. The van der Waals surface area contributed by atoms with Gasteiger partial charge < -0.3 is 10.1 Å². The summed E-state index contributed by atoms with van der Waals surface area (Å²) >= 11 is 6.23. The van der Waals surface area contributed by atoms with Crippen molar-refractivity contribution in [2.24, 2.45) is 5.92 Å². The molecule has 1 aliphatic heterocycles. The maximum Gasteiger partial charge on any atom is 0.127 e. The Kier molecular flexibility index (Phi) is 4.52. The first-order valence-corrected chi connectivity index (χ1v) is 7.19. The maximum absolute atomic E-state index is 6.23. The molecule has 0 aromatic heterocycles. The SMILES string of the molecule is CCCNC(c1cc(Cl)cc2c1OCC2)C(C)C. The Morgan fingerprint density at radius 1 is 1.39 bits per heavy atom. The Balaban J connectivity index is 2.35. The second kappa shape index (κ2) is 5.94. The molecule has 1 aromatic rings. The van der Waals surface area contributed by atoms with Crippen molar-refractivity contribution in [3.8, 4) is 5.75 Å². The highest BCUT2D eigenvalue weighted by Gasteiger charge is 2.24. The minimum Gasteiger partial charge on any atom is -0.493 e. The number of rotatable bonds is 5. The van der Waals surface area contributed by atoms with E-state index >= 15 is 0 Å². The summed E-state index contributed by atoms with van der Waals surface area (Å²) in [5, 5.41) is 4.42. The van der Waals surface area contributed by atoms with Crippen LogP contribution >= 0.6 is 11.6 Å². The topological polar surface area (TPSA) is 21.3 Å². The number of hydrogen-bond acceptors (Lipinski definition) is 2. The third-order valence-electron chi connectivity index (χ3n) is 3.39. The first-order valence-electron chi connectivity index (χ1n) is 6.82. The molecule has 0 amide bonds. The summed E-state index contributed by atoms with van der Waals surface area (Å²) in [6.07, 6.45) is 2.11. The van der Waals surface area contributed by atoms with E-state index in [0.29, 0.717) is 12.0 Å². The van der Waals surface area contributed by atoms with Crippen LogP contribution in [0, 0.1) is 5.92 Å². The average Bonchev–Trinajstić information content (AvgIpc) is 2.76. The van der Waals surface area contributed by atoms with Gasteiger partial charge in [-0.05, 0) is 36.6 Å². The van der Waals surface area contributed by atoms with Crippen molar-refractivity contribution in [1.82, 2.24) is 5.32 Å². The van der Waals surface area contributed by atoms with Gasteiger partial charge in [0, 0.05) is 23.0 Å². The van der Waals surface area contributed by atoms with E-state index in [1.54, 1.807) is 0 Å². The lowest BCUT2D eigenvalue weighted by Gasteiger charge is -2.25. The van der Waals surface area contributed by atoms with E-state index in [2.05, 4.69) is 32.2 Å². The van der Waals surface area contributed by atoms with Crippen LogP contribution in [0.1, 0.15) is 44.4 Å². The zero-order chi connectivity index (χ0) is 13.1. The molecule has 100 valence electrons. The van der Waals surface area contributed by atoms with Crippen LogP contribution in [-0.2, 0) is 6.42 Å². The van der Waals surface area contributed by atoms with Gasteiger partial charge in [0.15, 0.2) is 0 Å². The molecule has 1 atom stereocenters. The number of hydrogen-bond donors (Lipinski definition) is 1. The van der Waals surface area contributed by atoms with Crippen LogP contribution in [0.4, 0.5) is 0 Å². The highest BCUT2D eigenvalue weighted by Crippen LogP contribution is 2.38. The van der Waals surface area contributed by atoms with Crippen LogP contribution in [0.5, 0.6) is 5.75 Å². The van der Waals surface area contributed by atoms with E-state index in [9.17, 15) is 0 Å². The predicted molar refractivity (Wildman–Crippen MR) is 76.5 cm³/mol. The molecule has 2 rings (SSSR count). The monoisotopic (exact) mass is 267 g/mol. The summed E-state index contributed by atoms with van der Waals surface area (Å²) in [7, 11) is 0. The Bertz CT molecular complexity index is 417. The molecule has 3 heteroatoms. The molecular weight excluding hydrogens is 246 g/mol. The number of fused-ring (bicyclic) bond motifs is 1. The molecule has 1 unspecified atom stereocenters. The third kappa shape index (κ3) is 2.81. The summed E-state index contributed by atoms with van der Waals surface area (Å²) < 4.78 is 5.80. The number of halogens is 1. The Labute approximate surface area is 115 Å². The van der Waals surface area contributed by atoms with Crippen molar-refractivity contribution < 1.29 is 4.74 Å². The Morgan fingerprint density at radius 2 is 2.17 bits per heavy atom. The molecule has 0 aliphatic carbocycles. The smallest absolute Gasteiger partial charge is 0.127 e. The molecule has 0 saturated heterocycles. The molecular formula is C15H22ClNO. The number of benzene rings is 1. The lowest BCUT2D eigenvalue weighted by atomic mass is 9.93. The summed E-state index contributed by atoms with van der Waals surface area (Å²) in [4.78, 5) is 0. The molecule has 0 bridgehead atoms. The molecule has 18 heavy (non-hydrogen) atoms. The quantitative estimate of drug-likeness (QED) is 0.872. The number of ether oxygens (including phenoxy) is 1. The number of nitrogens with one attached hydrogen (secondary N) is 1. The van der Waals surface area contributed by atoms with Gasteiger partial charge in [0.2, 0.25) is 0 Å². The molecule has 0 spiro atoms. The van der Waals surface area contributed by atoms with Crippen LogP contribution in [0.25, 0.3) is 0 Å². The van der Waals surface area contributed by atoms with Gasteiger partial charge in [-0.3, -0.25) is 0 Å². The van der Waals surface area contributed by atoms with Gasteiger partial charge in [0.25, 0.3) is 0 Å². The van der Waals surface area contributed by atoms with Crippen LogP contribution < -0.4 is 10.1 Å². The first-order chi connectivity index (χ1) is 8.63. The van der Waals surface area contributed by atoms with Crippen molar-refractivity contribution >= 4 is 11.6 Å². The van der Waals surface area contributed by atoms with Crippen molar-refractivity contribution in [2.45, 2.75) is 39.7 Å². The minimum atomic E-state index is 0.315. The normalized spacial score (nSPS) is 15.6. The van der Waals surface area contributed by atoms with E-state index < -0.39 is 0 Å². The molecule has 1 aliphatic rings. The third-order valence-corrected chi connectivity index (χ3v) is 3.61. The van der Waals surface area contributed by atoms with Crippen molar-refractivity contribution in [3.63, 3.8) is 0 Å². The van der Waals surface area contributed by atoms with E-state index in [1.165, 1.54) is 11.1 Å². The van der Waals surface area contributed by atoms with Gasteiger partial charge in [-0.25, -0.2) is 0 Å². The molecule has 1 aromatic carbocycles. The maximum atomic E-state index is 6.23. The van der Waals surface area contributed by atoms with Crippen LogP contribution in [0.2, 0.25) is 5.02 Å². The van der Waals surface area contributed by atoms with Gasteiger partial charge in [-0.15, -0.1) is 0 Å². The van der Waals surface area contributed by atoms with Gasteiger partial charge in [0.1, 0.15) is 5.75 Å². The highest BCUT2D eigenvalue weighted by atomic mass is 35.5. The molecule has 2 nitrogen and oxygen atoms in total. The molecule has 1 heterocycles. The minimum absolute atomic E-state index is 0.315. The van der Waals surface area contributed by atoms with Gasteiger partial charge in [0.05, 0.1) is 6.61 Å². The Hall–Kier alpha value is -0.730. The van der Waals surface area contributed by atoms with Crippen molar-refractivity contribution in [2.75, 3.05) is 13.2 Å². The van der Waals surface area contributed by atoms with E-state index in [4.69, 9.17) is 16.3 Å². The van der Waals surface area contributed by atoms with Crippen LogP contribution in [-0.4, -0.2) is 13.2 Å². The first kappa shape index (κ1) is 13.7. The van der Waals surface area contributed by atoms with Crippen LogP contribution in [0.3, 0.4) is 0 Å². The molecule has 0 saturated carbocycles. The lowest BCUT2D eigenvalue weighted by molar-refractivity contribution is 0.337. The van der Waals surface area contributed by atoms with Crippen molar-refractivity contribution in [1.29, 1.82) is 0 Å². The van der Waals surface area contributed by atoms with Gasteiger partial charge in [-0.1, -0.05) is 32.4 Å². The second-order valence-electron chi connectivity index (χ2n) is 5.26. The van der Waals surface area contributed by atoms with E-state index in [-0.39, 0.29) is 0 Å². The fourth-order valence-electron chi connectivity index (χ4n) is 2.53. The predicted octanol–water partition coefficient (Wildman–Crippen LogP) is 3.97. The van der Waals surface area contributed by atoms with E-state index in [0.717, 1.165) is 36.8 Å². The van der Waals surface area contributed by atoms with Gasteiger partial charge in [-0.2, -0.15) is 0 Å². The zero-order valence-electron chi connectivity index (χ0n) is 11.4. The molecule has 0 fully saturated rings. The summed E-state index contributed by atoms with van der Waals surface area (Å²) in [5.41, 5.74) is 2.47. The highest BCUT2D eigenvalue weighted by molar-refractivity contribution is 6.30. The summed E-state index contributed by atoms with van der Waals surface area (Å²) in [6.45, 7) is 8.44. The zero-order valence-corrected chi connectivity index (χ0v) is 12.2. The van der Waals surface area contributed by atoms with Crippen LogP contribution in [0.15, 0.2) is 12.1 Å².